The van der Waals surface area contributed by atoms with Crippen molar-refractivity contribution in [2.24, 2.45) is 0 Å². The van der Waals surface area contributed by atoms with Gasteiger partial charge in [0.05, 0.1) is 36.1 Å². The second-order valence-electron chi connectivity index (χ2n) is 6.73. The summed E-state index contributed by atoms with van der Waals surface area (Å²) in [6.45, 7) is 4.72. The van der Waals surface area contributed by atoms with E-state index >= 15 is 0 Å². The Balaban J connectivity index is 1.81. The Morgan fingerprint density at radius 2 is 1.94 bits per heavy atom. The first-order valence-corrected chi connectivity index (χ1v) is 10.7. The lowest BCUT2D eigenvalue weighted by molar-refractivity contribution is -0.138. The molecule has 0 spiro atoms. The third-order valence-electron chi connectivity index (χ3n) is 4.56. The summed E-state index contributed by atoms with van der Waals surface area (Å²) in [6, 6.07) is 12.8. The summed E-state index contributed by atoms with van der Waals surface area (Å²) in [4.78, 5) is 17.4. The fourth-order valence-corrected chi connectivity index (χ4v) is 3.78. The van der Waals surface area contributed by atoms with Crippen LogP contribution < -0.4 is 14.8 Å². The van der Waals surface area contributed by atoms with Crippen LogP contribution in [-0.4, -0.2) is 29.3 Å². The number of rotatable bonds is 10. The molecule has 160 valence electrons. The first-order valence-electron chi connectivity index (χ1n) is 9.79. The number of carboxylic acids is 1. The van der Waals surface area contributed by atoms with Gasteiger partial charge in [-0.3, -0.25) is 0 Å². The molecule has 0 unspecified atom stereocenters. The van der Waals surface area contributed by atoms with Gasteiger partial charge in [0.15, 0.2) is 6.04 Å². The lowest BCUT2D eigenvalue weighted by Gasteiger charge is -2.19. The molecule has 3 aromatic rings. The van der Waals surface area contributed by atoms with Gasteiger partial charge in [-0.05, 0) is 55.8 Å². The second kappa shape index (κ2) is 10.5. The van der Waals surface area contributed by atoms with Gasteiger partial charge in [0, 0.05) is 23.1 Å². The van der Waals surface area contributed by atoms with E-state index in [1.807, 2.05) is 25.4 Å². The Kier molecular flexibility index (Phi) is 7.46. The van der Waals surface area contributed by atoms with Crippen LogP contribution in [0.2, 0.25) is 0 Å². The molecule has 1 heterocycles. The molecule has 0 radical (unpaired) electrons. The number of benzene rings is 2. The first kappa shape index (κ1) is 22.1. The van der Waals surface area contributed by atoms with E-state index in [4.69, 9.17) is 14.7 Å². The molecule has 0 fully saturated rings. The average molecular weight is 438 g/mol. The van der Waals surface area contributed by atoms with Crippen LogP contribution in [0.15, 0.2) is 48.0 Å². The molecule has 0 aliphatic rings. The van der Waals surface area contributed by atoms with Crippen LogP contribution in [0.5, 0.6) is 11.5 Å². The molecule has 0 aliphatic heterocycles. The Hall–Kier alpha value is -3.57. The summed E-state index contributed by atoms with van der Waals surface area (Å²) in [6.07, 6.45) is 0.719. The number of nitrogens with zero attached hydrogens (tertiary/aromatic N) is 2. The lowest BCUT2D eigenvalue weighted by Crippen LogP contribution is -2.20. The Morgan fingerprint density at radius 1 is 1.23 bits per heavy atom. The van der Waals surface area contributed by atoms with Gasteiger partial charge in [-0.1, -0.05) is 0 Å². The Bertz CT molecular complexity index is 1070. The number of ether oxygens (including phenoxy) is 2. The van der Waals surface area contributed by atoms with Crippen LogP contribution in [0.25, 0.3) is 0 Å². The molecule has 0 aliphatic carbocycles. The van der Waals surface area contributed by atoms with Crippen LogP contribution in [0.3, 0.4) is 0 Å². The third kappa shape index (κ3) is 5.96. The van der Waals surface area contributed by atoms with Crippen molar-refractivity contribution in [3.8, 4) is 17.6 Å². The highest BCUT2D eigenvalue weighted by molar-refractivity contribution is 7.09. The number of aryl methyl sites for hydroxylation is 1. The zero-order chi connectivity index (χ0) is 22.2. The van der Waals surface area contributed by atoms with Gasteiger partial charge >= 0.3 is 5.97 Å². The van der Waals surface area contributed by atoms with E-state index in [-0.39, 0.29) is 0 Å². The molecule has 0 amide bonds. The van der Waals surface area contributed by atoms with Crippen molar-refractivity contribution in [3.63, 3.8) is 0 Å². The van der Waals surface area contributed by atoms with Crippen molar-refractivity contribution in [2.75, 3.05) is 18.5 Å². The lowest BCUT2D eigenvalue weighted by atomic mass is 10.1. The molecule has 0 saturated heterocycles. The zero-order valence-electron chi connectivity index (χ0n) is 17.3. The zero-order valence-corrected chi connectivity index (χ0v) is 18.1. The largest absolute Gasteiger partial charge is 0.494 e. The first-order chi connectivity index (χ1) is 15.0. The van der Waals surface area contributed by atoms with E-state index in [2.05, 4.69) is 10.3 Å². The minimum Gasteiger partial charge on any atom is -0.494 e. The van der Waals surface area contributed by atoms with E-state index < -0.39 is 12.0 Å². The molecule has 31 heavy (non-hydrogen) atoms. The number of thiazole rings is 1. The number of aliphatic carboxylic acids is 1. The van der Waals surface area contributed by atoms with E-state index in [1.165, 1.54) is 0 Å². The molecule has 1 atom stereocenters. The summed E-state index contributed by atoms with van der Waals surface area (Å²) >= 11 is 1.59. The van der Waals surface area contributed by atoms with Crippen molar-refractivity contribution in [3.05, 3.63) is 69.7 Å². The van der Waals surface area contributed by atoms with E-state index in [1.54, 1.807) is 53.8 Å². The molecular formula is C23H23N3O4S. The smallest absolute Gasteiger partial charge is 0.330 e. The molecule has 3 rings (SSSR count). The number of anilines is 1. The van der Waals surface area contributed by atoms with Gasteiger partial charge in [-0.25, -0.2) is 9.78 Å². The second-order valence-corrected chi connectivity index (χ2v) is 7.67. The van der Waals surface area contributed by atoms with Crippen molar-refractivity contribution in [2.45, 2.75) is 26.3 Å². The van der Waals surface area contributed by atoms with Crippen molar-refractivity contribution >= 4 is 23.0 Å². The number of carbonyl (C=O) groups is 1. The molecule has 2 aromatic carbocycles. The highest BCUT2D eigenvalue weighted by atomic mass is 32.1. The number of carboxylic acid groups (broad SMARTS) is 1. The van der Waals surface area contributed by atoms with Crippen molar-refractivity contribution < 1.29 is 19.4 Å². The van der Waals surface area contributed by atoms with Gasteiger partial charge in [0.1, 0.15) is 11.5 Å². The average Bonchev–Trinajstić information content (AvgIpc) is 3.17. The monoisotopic (exact) mass is 437 g/mol. The maximum absolute atomic E-state index is 12.0. The van der Waals surface area contributed by atoms with Crippen LogP contribution in [0, 0.1) is 18.3 Å². The van der Waals surface area contributed by atoms with Gasteiger partial charge in [0.25, 0.3) is 0 Å². The molecule has 7 nitrogen and oxygen atoms in total. The number of nitriles is 1. The van der Waals surface area contributed by atoms with Crippen LogP contribution in [0.1, 0.15) is 34.7 Å². The molecule has 8 heteroatoms. The van der Waals surface area contributed by atoms with Gasteiger partial charge in [0.2, 0.25) is 0 Å². The van der Waals surface area contributed by atoms with Gasteiger partial charge < -0.3 is 19.9 Å². The maximum atomic E-state index is 12.0. The standard InChI is InChI=1S/C23H23N3O4S/c1-3-29-19-10-17(11-20(12-19)30-9-8-21-15(2)25-14-31-21)22(23(27)28)26-18-6-4-16(13-24)5-7-18/h4-7,10-12,14,22,26H,3,8-9H2,1-2H3,(H,27,28)/t22-/m1/s1. The third-order valence-corrected chi connectivity index (χ3v) is 5.56. The highest BCUT2D eigenvalue weighted by Gasteiger charge is 2.22. The molecule has 1 aromatic heterocycles. The summed E-state index contributed by atoms with van der Waals surface area (Å²) in [5, 5.41) is 21.8. The van der Waals surface area contributed by atoms with Crippen LogP contribution in [0.4, 0.5) is 5.69 Å². The highest BCUT2D eigenvalue weighted by Crippen LogP contribution is 2.29. The minimum absolute atomic E-state index is 0.443. The topological polar surface area (TPSA) is 104 Å². The van der Waals surface area contributed by atoms with E-state index in [0.717, 1.165) is 17.0 Å². The number of hydrogen-bond acceptors (Lipinski definition) is 7. The van der Waals surface area contributed by atoms with Crippen LogP contribution >= 0.6 is 11.3 Å². The molecule has 0 saturated carbocycles. The normalized spacial score (nSPS) is 11.4. The molecule has 0 bridgehead atoms. The van der Waals surface area contributed by atoms with E-state index in [0.29, 0.717) is 41.5 Å². The number of hydrogen-bond donors (Lipinski definition) is 2. The van der Waals surface area contributed by atoms with Gasteiger partial charge in [-0.15, -0.1) is 11.3 Å². The quantitative estimate of drug-likeness (QED) is 0.478. The fraction of sp³-hybridized carbons (Fsp3) is 0.261. The molecular weight excluding hydrogens is 414 g/mol. The predicted molar refractivity (Wildman–Crippen MR) is 119 cm³/mol. The minimum atomic E-state index is -1.04. The summed E-state index contributed by atoms with van der Waals surface area (Å²) in [5.41, 5.74) is 4.41. The Labute approximate surface area is 184 Å². The van der Waals surface area contributed by atoms with Gasteiger partial charge in [-0.2, -0.15) is 5.26 Å². The summed E-state index contributed by atoms with van der Waals surface area (Å²) in [7, 11) is 0. The predicted octanol–water partition coefficient (Wildman–Crippen LogP) is 4.58. The van der Waals surface area contributed by atoms with Crippen LogP contribution in [-0.2, 0) is 11.2 Å². The summed E-state index contributed by atoms with van der Waals surface area (Å²) < 4.78 is 11.5. The van der Waals surface area contributed by atoms with Crippen molar-refractivity contribution in [1.82, 2.24) is 4.98 Å². The SMILES string of the molecule is CCOc1cc(OCCc2scnc2C)cc([C@@H](Nc2ccc(C#N)cc2)C(=O)O)c1. The Morgan fingerprint density at radius 3 is 2.52 bits per heavy atom. The van der Waals surface area contributed by atoms with E-state index in [9.17, 15) is 9.90 Å². The maximum Gasteiger partial charge on any atom is 0.330 e. The number of aromatic nitrogens is 1. The molecule has 2 N–H and O–H groups in total. The fourth-order valence-electron chi connectivity index (χ4n) is 3.02. The van der Waals surface area contributed by atoms with Crippen molar-refractivity contribution in [1.29, 1.82) is 5.26 Å². The summed E-state index contributed by atoms with van der Waals surface area (Å²) in [5.74, 6) is 0.0390. The number of nitrogens with one attached hydrogen (secondary N) is 1.